The molecule has 1 fully saturated rings. The van der Waals surface area contributed by atoms with Crippen molar-refractivity contribution in [2.45, 2.75) is 13.0 Å². The highest BCUT2D eigenvalue weighted by Crippen LogP contribution is 2.31. The normalized spacial score (nSPS) is 16.6. The number of methoxy groups -OCH3 is 2. The van der Waals surface area contributed by atoms with E-state index in [-0.39, 0.29) is 0 Å². The average molecular weight is 397 g/mol. The second kappa shape index (κ2) is 10.0. The molecule has 1 N–H and O–H groups in total. The lowest BCUT2D eigenvalue weighted by atomic mass is 10.1. The van der Waals surface area contributed by atoms with E-state index >= 15 is 0 Å². The number of anilines is 1. The maximum atomic E-state index is 5.52. The van der Waals surface area contributed by atoms with Crippen LogP contribution in [-0.4, -0.2) is 58.8 Å². The van der Waals surface area contributed by atoms with Gasteiger partial charge in [0.15, 0.2) is 5.96 Å². The highest BCUT2D eigenvalue weighted by atomic mass is 16.5. The van der Waals surface area contributed by atoms with E-state index in [4.69, 9.17) is 9.47 Å². The number of hydrogen-bond acceptors (Lipinski definition) is 4. The first-order valence-electron chi connectivity index (χ1n) is 10.1. The molecule has 0 bridgehead atoms. The van der Waals surface area contributed by atoms with Gasteiger partial charge in [0.2, 0.25) is 0 Å². The van der Waals surface area contributed by atoms with Crippen LogP contribution in [0.1, 0.15) is 12.0 Å². The summed E-state index contributed by atoms with van der Waals surface area (Å²) in [6.45, 7) is 3.77. The molecule has 2 aromatic carbocycles. The van der Waals surface area contributed by atoms with Crippen molar-refractivity contribution >= 4 is 11.6 Å². The summed E-state index contributed by atoms with van der Waals surface area (Å²) in [5.74, 6) is 3.30. The van der Waals surface area contributed by atoms with Gasteiger partial charge in [0.25, 0.3) is 0 Å². The van der Waals surface area contributed by atoms with Crippen molar-refractivity contribution in [3.63, 3.8) is 0 Å². The number of benzene rings is 2. The van der Waals surface area contributed by atoms with Crippen molar-refractivity contribution in [3.05, 3.63) is 54.1 Å². The van der Waals surface area contributed by atoms with Crippen LogP contribution in [0.5, 0.6) is 11.5 Å². The molecule has 29 heavy (non-hydrogen) atoms. The number of para-hydroxylation sites is 2. The number of ether oxygens (including phenoxy) is 2. The summed E-state index contributed by atoms with van der Waals surface area (Å²) in [4.78, 5) is 9.02. The van der Waals surface area contributed by atoms with Gasteiger partial charge in [0.1, 0.15) is 11.5 Å². The molecule has 6 nitrogen and oxygen atoms in total. The fourth-order valence-corrected chi connectivity index (χ4v) is 3.81. The van der Waals surface area contributed by atoms with Gasteiger partial charge in [-0.25, -0.2) is 0 Å². The number of rotatable bonds is 7. The van der Waals surface area contributed by atoms with Gasteiger partial charge < -0.3 is 24.6 Å². The molecule has 0 aliphatic carbocycles. The minimum absolute atomic E-state index is 0.575. The standard InChI is InChI=1S/C23H32N4O2/c1-24-23(26(2)16-18-9-11-20(28-3)12-10-18)25-15-19-13-14-27(17-19)21-7-5-6-8-22(21)29-4/h5-12,19H,13-17H2,1-4H3,(H,24,25). The molecule has 1 heterocycles. The highest BCUT2D eigenvalue weighted by molar-refractivity contribution is 5.79. The molecule has 0 aromatic heterocycles. The van der Waals surface area contributed by atoms with Crippen LogP contribution in [0.25, 0.3) is 0 Å². The molecule has 1 aliphatic rings. The quantitative estimate of drug-likeness (QED) is 0.575. The van der Waals surface area contributed by atoms with Crippen LogP contribution in [0.15, 0.2) is 53.5 Å². The van der Waals surface area contributed by atoms with Gasteiger partial charge in [-0.2, -0.15) is 0 Å². The van der Waals surface area contributed by atoms with Crippen LogP contribution in [0.2, 0.25) is 0 Å². The third kappa shape index (κ3) is 5.34. The summed E-state index contributed by atoms with van der Waals surface area (Å²) in [5, 5.41) is 3.55. The van der Waals surface area contributed by atoms with E-state index in [1.807, 2.05) is 31.3 Å². The van der Waals surface area contributed by atoms with Crippen LogP contribution in [0, 0.1) is 5.92 Å². The van der Waals surface area contributed by atoms with Gasteiger partial charge in [0, 0.05) is 40.3 Å². The molecule has 1 aliphatic heterocycles. The van der Waals surface area contributed by atoms with E-state index in [9.17, 15) is 0 Å². The number of hydrogen-bond donors (Lipinski definition) is 1. The zero-order valence-electron chi connectivity index (χ0n) is 17.9. The minimum atomic E-state index is 0.575. The van der Waals surface area contributed by atoms with Crippen molar-refractivity contribution in [1.29, 1.82) is 0 Å². The predicted octanol–water partition coefficient (Wildman–Crippen LogP) is 3.24. The molecule has 0 saturated carbocycles. The minimum Gasteiger partial charge on any atom is -0.497 e. The molecule has 0 amide bonds. The molecule has 156 valence electrons. The third-order valence-corrected chi connectivity index (χ3v) is 5.41. The molecular weight excluding hydrogens is 364 g/mol. The van der Waals surface area contributed by atoms with Crippen molar-refractivity contribution in [2.24, 2.45) is 10.9 Å². The van der Waals surface area contributed by atoms with Gasteiger partial charge in [0.05, 0.1) is 19.9 Å². The number of aliphatic imine (C=N–C) groups is 1. The average Bonchev–Trinajstić information content (AvgIpc) is 3.23. The summed E-state index contributed by atoms with van der Waals surface area (Å²) in [5.41, 5.74) is 2.40. The van der Waals surface area contributed by atoms with E-state index in [1.165, 1.54) is 11.3 Å². The van der Waals surface area contributed by atoms with Gasteiger partial charge in [-0.05, 0) is 42.2 Å². The van der Waals surface area contributed by atoms with Crippen molar-refractivity contribution in [1.82, 2.24) is 10.2 Å². The van der Waals surface area contributed by atoms with Crippen LogP contribution in [-0.2, 0) is 6.54 Å². The Morgan fingerprint density at radius 1 is 1.14 bits per heavy atom. The molecule has 1 saturated heterocycles. The smallest absolute Gasteiger partial charge is 0.193 e. The molecular formula is C23H32N4O2. The summed E-state index contributed by atoms with van der Waals surface area (Å²) >= 11 is 0. The van der Waals surface area contributed by atoms with Gasteiger partial charge in [-0.1, -0.05) is 24.3 Å². The number of guanidine groups is 1. The molecule has 0 radical (unpaired) electrons. The van der Waals surface area contributed by atoms with Crippen LogP contribution < -0.4 is 19.7 Å². The van der Waals surface area contributed by atoms with Crippen molar-refractivity contribution in [2.75, 3.05) is 52.8 Å². The Hall–Kier alpha value is -2.89. The summed E-state index contributed by atoms with van der Waals surface area (Å²) in [7, 11) is 7.32. The van der Waals surface area contributed by atoms with Crippen LogP contribution in [0.3, 0.4) is 0 Å². The SMILES string of the molecule is CN=C(NCC1CCN(c2ccccc2OC)C1)N(C)Cc1ccc(OC)cc1. The highest BCUT2D eigenvalue weighted by Gasteiger charge is 2.25. The van der Waals surface area contributed by atoms with Crippen LogP contribution in [0.4, 0.5) is 5.69 Å². The van der Waals surface area contributed by atoms with Crippen molar-refractivity contribution in [3.8, 4) is 11.5 Å². The van der Waals surface area contributed by atoms with E-state index < -0.39 is 0 Å². The zero-order valence-corrected chi connectivity index (χ0v) is 17.9. The molecule has 1 unspecified atom stereocenters. The van der Waals surface area contributed by atoms with E-state index in [0.717, 1.165) is 50.1 Å². The lowest BCUT2D eigenvalue weighted by Gasteiger charge is -2.24. The topological polar surface area (TPSA) is 49.3 Å². The molecule has 1 atom stereocenters. The predicted molar refractivity (Wildman–Crippen MR) is 119 cm³/mol. The summed E-state index contributed by atoms with van der Waals surface area (Å²) < 4.78 is 10.8. The number of nitrogens with one attached hydrogen (secondary N) is 1. The molecule has 0 spiro atoms. The van der Waals surface area contributed by atoms with Gasteiger partial charge in [-0.15, -0.1) is 0 Å². The maximum absolute atomic E-state index is 5.52. The van der Waals surface area contributed by atoms with E-state index in [2.05, 4.69) is 51.4 Å². The van der Waals surface area contributed by atoms with E-state index in [0.29, 0.717) is 5.92 Å². The van der Waals surface area contributed by atoms with Gasteiger partial charge >= 0.3 is 0 Å². The fourth-order valence-electron chi connectivity index (χ4n) is 3.81. The maximum Gasteiger partial charge on any atom is 0.193 e. The first kappa shape index (κ1) is 20.8. The fraction of sp³-hybridized carbons (Fsp3) is 0.435. The Morgan fingerprint density at radius 3 is 2.59 bits per heavy atom. The summed E-state index contributed by atoms with van der Waals surface area (Å²) in [6.07, 6.45) is 1.16. The van der Waals surface area contributed by atoms with E-state index in [1.54, 1.807) is 14.2 Å². The largest absolute Gasteiger partial charge is 0.497 e. The Morgan fingerprint density at radius 2 is 1.90 bits per heavy atom. The third-order valence-electron chi connectivity index (χ3n) is 5.41. The second-order valence-corrected chi connectivity index (χ2v) is 7.40. The second-order valence-electron chi connectivity index (χ2n) is 7.40. The van der Waals surface area contributed by atoms with Crippen molar-refractivity contribution < 1.29 is 9.47 Å². The Kier molecular flexibility index (Phi) is 7.22. The first-order chi connectivity index (χ1) is 14.1. The Labute approximate surface area is 174 Å². The lowest BCUT2D eigenvalue weighted by Crippen LogP contribution is -2.41. The van der Waals surface area contributed by atoms with Crippen LogP contribution >= 0.6 is 0 Å². The zero-order chi connectivity index (χ0) is 20.6. The van der Waals surface area contributed by atoms with Gasteiger partial charge in [-0.3, -0.25) is 4.99 Å². The first-order valence-corrected chi connectivity index (χ1v) is 10.1. The molecule has 6 heteroatoms. The molecule has 3 rings (SSSR count). The summed E-state index contributed by atoms with van der Waals surface area (Å²) in [6, 6.07) is 16.4. The Balaban J connectivity index is 1.51. The molecule has 2 aromatic rings. The Bertz CT molecular complexity index is 807. The monoisotopic (exact) mass is 396 g/mol. The lowest BCUT2D eigenvalue weighted by molar-refractivity contribution is 0.414. The number of nitrogens with zero attached hydrogens (tertiary/aromatic N) is 3.